The van der Waals surface area contributed by atoms with Crippen LogP contribution in [0.5, 0.6) is 0 Å². The van der Waals surface area contributed by atoms with E-state index >= 15 is 0 Å². The number of methoxy groups -OCH3 is 1. The highest BCUT2D eigenvalue weighted by Gasteiger charge is 2.56. The molecule has 4 atom stereocenters. The van der Waals surface area contributed by atoms with E-state index in [1.54, 1.807) is 18.3 Å². The van der Waals surface area contributed by atoms with Gasteiger partial charge in [0.05, 0.1) is 12.9 Å². The minimum absolute atomic E-state index is 0.0570. The maximum absolute atomic E-state index is 12.6. The van der Waals surface area contributed by atoms with Crippen molar-refractivity contribution in [3.8, 4) is 0 Å². The van der Waals surface area contributed by atoms with Crippen LogP contribution in [0.3, 0.4) is 0 Å². The van der Waals surface area contributed by atoms with Crippen LogP contribution in [-0.4, -0.2) is 12.9 Å². The molecule has 0 aromatic heterocycles. The van der Waals surface area contributed by atoms with E-state index in [1.807, 2.05) is 0 Å². The van der Waals surface area contributed by atoms with Crippen molar-refractivity contribution < 1.29 is 9.53 Å². The lowest BCUT2D eigenvalue weighted by Gasteiger charge is -2.50. The quantitative estimate of drug-likeness (QED) is 0.685. The lowest BCUT2D eigenvalue weighted by Crippen LogP contribution is -2.45. The van der Waals surface area contributed by atoms with Gasteiger partial charge in [-0.2, -0.15) is 0 Å². The molecule has 4 aliphatic carbocycles. The molecule has 22 heavy (non-hydrogen) atoms. The molecular formula is C20H28O2. The zero-order chi connectivity index (χ0) is 15.3. The molecule has 2 heteroatoms. The molecule has 120 valence electrons. The van der Waals surface area contributed by atoms with E-state index in [9.17, 15) is 4.79 Å². The van der Waals surface area contributed by atoms with Crippen molar-refractivity contribution in [1.82, 2.24) is 0 Å². The molecule has 0 aliphatic heterocycles. The molecule has 2 nitrogen and oxygen atoms in total. The van der Waals surface area contributed by atoms with Gasteiger partial charge < -0.3 is 4.74 Å². The number of hydrogen-bond acceptors (Lipinski definition) is 2. The van der Waals surface area contributed by atoms with Crippen molar-refractivity contribution in [1.29, 1.82) is 0 Å². The van der Waals surface area contributed by atoms with Crippen molar-refractivity contribution in [3.05, 3.63) is 23.0 Å². The molecule has 0 amide bonds. The van der Waals surface area contributed by atoms with Crippen LogP contribution in [0, 0.1) is 23.2 Å². The van der Waals surface area contributed by atoms with E-state index in [2.05, 4.69) is 13.0 Å². The summed E-state index contributed by atoms with van der Waals surface area (Å²) in [5.74, 6) is 3.95. The summed E-state index contributed by atoms with van der Waals surface area (Å²) >= 11 is 0. The molecule has 0 unspecified atom stereocenters. The Kier molecular flexibility index (Phi) is 3.47. The molecule has 0 heterocycles. The Morgan fingerprint density at radius 2 is 2.14 bits per heavy atom. The summed E-state index contributed by atoms with van der Waals surface area (Å²) in [6.07, 6.45) is 12.4. The van der Waals surface area contributed by atoms with E-state index < -0.39 is 0 Å². The molecule has 4 aliphatic rings. The summed E-state index contributed by atoms with van der Waals surface area (Å²) in [5.41, 5.74) is 3.44. The van der Waals surface area contributed by atoms with Gasteiger partial charge in [0.2, 0.25) is 0 Å². The van der Waals surface area contributed by atoms with Crippen LogP contribution in [-0.2, 0) is 9.53 Å². The van der Waals surface area contributed by atoms with Crippen LogP contribution < -0.4 is 0 Å². The van der Waals surface area contributed by atoms with Gasteiger partial charge >= 0.3 is 0 Å². The van der Waals surface area contributed by atoms with Gasteiger partial charge in [0, 0.05) is 18.3 Å². The van der Waals surface area contributed by atoms with Crippen LogP contribution in [0.15, 0.2) is 23.0 Å². The SMILES string of the molecule is CC[C@@]12CC[C@@H]3C4=C(CC[C@H]3[C@@H]1CCC2=O)CC(OC)=CC4. The normalized spacial score (nSPS) is 40.7. The zero-order valence-electron chi connectivity index (χ0n) is 14.0. The number of rotatable bonds is 2. The van der Waals surface area contributed by atoms with Crippen molar-refractivity contribution in [2.45, 2.75) is 64.7 Å². The number of ether oxygens (including phenoxy) is 1. The van der Waals surface area contributed by atoms with E-state index in [4.69, 9.17) is 4.74 Å². The second-order valence-electron chi connectivity index (χ2n) is 7.81. The van der Waals surface area contributed by atoms with Crippen LogP contribution in [0.25, 0.3) is 0 Å². The third-order valence-electron chi connectivity index (χ3n) is 7.39. The van der Waals surface area contributed by atoms with E-state index in [1.165, 1.54) is 19.3 Å². The fourth-order valence-corrected chi connectivity index (χ4v) is 6.27. The molecule has 0 saturated heterocycles. The van der Waals surface area contributed by atoms with E-state index in [0.29, 0.717) is 11.7 Å². The smallest absolute Gasteiger partial charge is 0.139 e. The minimum Gasteiger partial charge on any atom is -0.501 e. The first-order valence-electron chi connectivity index (χ1n) is 9.16. The van der Waals surface area contributed by atoms with E-state index in [0.717, 1.165) is 56.1 Å². The zero-order valence-corrected chi connectivity index (χ0v) is 14.0. The van der Waals surface area contributed by atoms with Gasteiger partial charge in [0.15, 0.2) is 0 Å². The Hall–Kier alpha value is -1.05. The van der Waals surface area contributed by atoms with Crippen molar-refractivity contribution in [2.24, 2.45) is 23.2 Å². The van der Waals surface area contributed by atoms with Crippen molar-refractivity contribution in [2.75, 3.05) is 7.11 Å². The van der Waals surface area contributed by atoms with Gasteiger partial charge in [0.1, 0.15) is 5.78 Å². The van der Waals surface area contributed by atoms with Gasteiger partial charge in [-0.25, -0.2) is 0 Å². The molecule has 0 spiro atoms. The average Bonchev–Trinajstić information content (AvgIpc) is 2.91. The van der Waals surface area contributed by atoms with Crippen molar-refractivity contribution >= 4 is 5.78 Å². The molecule has 0 radical (unpaired) electrons. The first kappa shape index (κ1) is 14.5. The van der Waals surface area contributed by atoms with Crippen LogP contribution in [0.2, 0.25) is 0 Å². The monoisotopic (exact) mass is 300 g/mol. The van der Waals surface area contributed by atoms with Gasteiger partial charge in [0.25, 0.3) is 0 Å². The Morgan fingerprint density at radius 1 is 1.27 bits per heavy atom. The number of carbonyl (C=O) groups is 1. The molecule has 0 aromatic carbocycles. The van der Waals surface area contributed by atoms with Gasteiger partial charge in [-0.15, -0.1) is 0 Å². The largest absolute Gasteiger partial charge is 0.501 e. The summed E-state index contributed by atoms with van der Waals surface area (Å²) in [4.78, 5) is 12.6. The highest BCUT2D eigenvalue weighted by atomic mass is 16.5. The number of fused-ring (bicyclic) bond motifs is 4. The van der Waals surface area contributed by atoms with Crippen LogP contribution in [0.1, 0.15) is 64.7 Å². The van der Waals surface area contributed by atoms with E-state index in [-0.39, 0.29) is 5.41 Å². The lowest BCUT2D eigenvalue weighted by atomic mass is 9.53. The maximum atomic E-state index is 12.6. The Balaban J connectivity index is 1.63. The predicted octanol–water partition coefficient (Wildman–Crippen LogP) is 4.80. The maximum Gasteiger partial charge on any atom is 0.139 e. The summed E-state index contributed by atoms with van der Waals surface area (Å²) in [6.45, 7) is 2.25. The first-order valence-corrected chi connectivity index (χ1v) is 9.16. The molecule has 0 bridgehead atoms. The average molecular weight is 300 g/mol. The number of carbonyl (C=O) groups excluding carboxylic acids is 1. The fraction of sp³-hybridized carbons (Fsp3) is 0.750. The number of ketones is 1. The number of allylic oxidation sites excluding steroid dienone is 3. The summed E-state index contributed by atoms with van der Waals surface area (Å²) < 4.78 is 5.48. The second-order valence-corrected chi connectivity index (χ2v) is 7.81. The third kappa shape index (κ3) is 1.88. The van der Waals surface area contributed by atoms with Gasteiger partial charge in [-0.3, -0.25) is 4.79 Å². The molecular weight excluding hydrogens is 272 g/mol. The molecule has 2 saturated carbocycles. The summed E-state index contributed by atoms with van der Waals surface area (Å²) in [7, 11) is 1.80. The second kappa shape index (κ2) is 5.25. The Bertz CT molecular complexity index is 556. The van der Waals surface area contributed by atoms with Crippen LogP contribution in [0.4, 0.5) is 0 Å². The topological polar surface area (TPSA) is 26.3 Å². The van der Waals surface area contributed by atoms with Gasteiger partial charge in [-0.1, -0.05) is 18.1 Å². The highest BCUT2D eigenvalue weighted by Crippen LogP contribution is 2.61. The lowest BCUT2D eigenvalue weighted by molar-refractivity contribution is -0.131. The summed E-state index contributed by atoms with van der Waals surface area (Å²) in [5, 5.41) is 0. The molecule has 0 aromatic rings. The highest BCUT2D eigenvalue weighted by molar-refractivity contribution is 5.87. The summed E-state index contributed by atoms with van der Waals surface area (Å²) in [6, 6.07) is 0. The number of Topliss-reactive ketones (excluding diaryl/α,β-unsaturated/α-hetero) is 1. The number of hydrogen-bond donors (Lipinski definition) is 0. The predicted molar refractivity (Wildman–Crippen MR) is 87.3 cm³/mol. The van der Waals surface area contributed by atoms with Crippen molar-refractivity contribution in [3.63, 3.8) is 0 Å². The minimum atomic E-state index is 0.0570. The first-order chi connectivity index (χ1) is 10.7. The van der Waals surface area contributed by atoms with Crippen LogP contribution >= 0.6 is 0 Å². The Morgan fingerprint density at radius 3 is 2.91 bits per heavy atom. The molecule has 4 rings (SSSR count). The standard InChI is InChI=1S/C20H28O2/c1-3-20-11-10-16-15-7-5-14(22-2)12-13(15)4-6-17(16)18(20)8-9-19(20)21/h5,16-18H,3-4,6-12H2,1-2H3/t16-,17-,18+,20-/m1/s1. The Labute approximate surface area is 134 Å². The van der Waals surface area contributed by atoms with Gasteiger partial charge in [-0.05, 0) is 68.8 Å². The molecule has 2 fully saturated rings. The molecule has 0 N–H and O–H groups in total. The third-order valence-corrected chi connectivity index (χ3v) is 7.39. The fourth-order valence-electron chi connectivity index (χ4n) is 6.27.